The van der Waals surface area contributed by atoms with Gasteiger partial charge in [-0.1, -0.05) is 13.8 Å². The van der Waals surface area contributed by atoms with Gasteiger partial charge in [0.25, 0.3) is 0 Å². The first-order valence-electron chi connectivity index (χ1n) is 8.82. The van der Waals surface area contributed by atoms with Crippen LogP contribution < -0.4 is 4.90 Å². The van der Waals surface area contributed by atoms with Crippen LogP contribution in [0.1, 0.15) is 40.5 Å². The van der Waals surface area contributed by atoms with Gasteiger partial charge in [0.1, 0.15) is 44.2 Å². The Balaban J connectivity index is 1.86. The Bertz CT molecular complexity index is 463. The molecule has 1 unspecified atom stereocenters. The van der Waals surface area contributed by atoms with E-state index in [0.29, 0.717) is 17.6 Å². The number of quaternary nitrogens is 1. The molecule has 3 atom stereocenters. The largest absolute Gasteiger partial charge is 0.368 e. The minimum atomic E-state index is 0.357. The second-order valence-electron chi connectivity index (χ2n) is 8.05. The van der Waals surface area contributed by atoms with Gasteiger partial charge in [-0.3, -0.25) is 0 Å². The average Bonchev–Trinajstić information content (AvgIpc) is 2.45. The summed E-state index contributed by atoms with van der Waals surface area (Å²) in [6, 6.07) is 0. The molecular formula is C18H32N2O2+2. The van der Waals surface area contributed by atoms with Crippen molar-refractivity contribution in [2.24, 2.45) is 5.41 Å². The van der Waals surface area contributed by atoms with Crippen molar-refractivity contribution < 1.29 is 18.9 Å². The lowest BCUT2D eigenvalue weighted by molar-refractivity contribution is -0.879. The zero-order chi connectivity index (χ0) is 15.7. The first-order chi connectivity index (χ1) is 10.4. The molecule has 0 spiro atoms. The predicted octanol–water partition coefficient (Wildman–Crippen LogP) is 0.866. The van der Waals surface area contributed by atoms with Crippen LogP contribution in [-0.2, 0) is 9.47 Å². The van der Waals surface area contributed by atoms with Crippen molar-refractivity contribution in [1.29, 1.82) is 0 Å². The van der Waals surface area contributed by atoms with Crippen LogP contribution in [0.2, 0.25) is 0 Å². The first-order valence-corrected chi connectivity index (χ1v) is 8.82. The fraction of sp³-hybridized carbons (Fsp3) is 0.833. The maximum atomic E-state index is 5.92. The highest BCUT2D eigenvalue weighted by atomic mass is 16.5. The summed E-state index contributed by atoms with van der Waals surface area (Å²) < 4.78 is 14.0. The quantitative estimate of drug-likeness (QED) is 0.727. The van der Waals surface area contributed by atoms with E-state index < -0.39 is 0 Å². The Morgan fingerprint density at radius 3 is 2.36 bits per heavy atom. The topological polar surface area (TPSA) is 25.9 Å². The molecule has 1 aliphatic carbocycles. The van der Waals surface area contributed by atoms with Gasteiger partial charge in [0, 0.05) is 12.8 Å². The summed E-state index contributed by atoms with van der Waals surface area (Å²) >= 11 is 0. The van der Waals surface area contributed by atoms with E-state index in [1.165, 1.54) is 18.6 Å². The average molecular weight is 308 g/mol. The summed E-state index contributed by atoms with van der Waals surface area (Å²) in [5.41, 5.74) is 3.46. The van der Waals surface area contributed by atoms with Gasteiger partial charge < -0.3 is 14.4 Å². The Morgan fingerprint density at radius 1 is 1.09 bits per heavy atom. The second-order valence-corrected chi connectivity index (χ2v) is 8.05. The van der Waals surface area contributed by atoms with Gasteiger partial charge in [0.2, 0.25) is 0 Å². The molecule has 0 radical (unpaired) electrons. The monoisotopic (exact) mass is 308 g/mol. The van der Waals surface area contributed by atoms with Crippen molar-refractivity contribution in [3.8, 4) is 0 Å². The van der Waals surface area contributed by atoms with Gasteiger partial charge in [-0.2, -0.15) is 0 Å². The lowest BCUT2D eigenvalue weighted by Crippen LogP contribution is -3.14. The standard InChI is InChI=1S/C18H31N2O2/c1-14-12-20(13-15(2)22-14)17-9-16(10-18(3,4)11-17)19-5-7-21-8-6-19/h9,14-15H,5-8,10-13H2,1-4H3/q+1/p+1/t14-,15+. The van der Waals surface area contributed by atoms with Gasteiger partial charge in [-0.25, -0.2) is 4.58 Å². The molecule has 0 aromatic heterocycles. The van der Waals surface area contributed by atoms with E-state index in [4.69, 9.17) is 9.47 Å². The summed E-state index contributed by atoms with van der Waals surface area (Å²) in [5, 5.41) is 0. The third-order valence-electron chi connectivity index (χ3n) is 5.07. The van der Waals surface area contributed by atoms with Crippen LogP contribution in [0.5, 0.6) is 0 Å². The second kappa shape index (κ2) is 6.42. The Morgan fingerprint density at radius 2 is 1.73 bits per heavy atom. The minimum absolute atomic E-state index is 0.357. The number of rotatable bonds is 1. The highest BCUT2D eigenvalue weighted by Crippen LogP contribution is 2.32. The molecule has 3 rings (SSSR count). The van der Waals surface area contributed by atoms with Crippen LogP contribution in [0.25, 0.3) is 0 Å². The van der Waals surface area contributed by atoms with Crippen molar-refractivity contribution in [3.05, 3.63) is 11.8 Å². The predicted molar refractivity (Wildman–Crippen MR) is 87.6 cm³/mol. The van der Waals surface area contributed by atoms with Crippen LogP contribution in [0.4, 0.5) is 0 Å². The van der Waals surface area contributed by atoms with E-state index in [1.807, 2.05) is 0 Å². The van der Waals surface area contributed by atoms with Gasteiger partial charge in [-0.15, -0.1) is 0 Å². The third-order valence-corrected chi connectivity index (χ3v) is 5.07. The fourth-order valence-corrected chi connectivity index (χ4v) is 4.18. The number of morpholine rings is 2. The number of hydrogen-bond donors (Lipinski definition) is 1. The van der Waals surface area contributed by atoms with Crippen LogP contribution in [0, 0.1) is 5.41 Å². The molecule has 0 bridgehead atoms. The van der Waals surface area contributed by atoms with E-state index in [0.717, 1.165) is 39.4 Å². The van der Waals surface area contributed by atoms with Crippen LogP contribution >= 0.6 is 0 Å². The van der Waals surface area contributed by atoms with Crippen LogP contribution in [0.3, 0.4) is 0 Å². The van der Waals surface area contributed by atoms with Crippen molar-refractivity contribution in [3.63, 3.8) is 0 Å². The maximum Gasteiger partial charge on any atom is 0.182 e. The summed E-state index contributed by atoms with van der Waals surface area (Å²) in [4.78, 5) is 1.63. The summed E-state index contributed by atoms with van der Waals surface area (Å²) in [7, 11) is 0. The lowest BCUT2D eigenvalue weighted by atomic mass is 9.77. The number of nitrogens with one attached hydrogen (secondary N) is 1. The smallest absolute Gasteiger partial charge is 0.182 e. The van der Waals surface area contributed by atoms with Crippen molar-refractivity contribution >= 4 is 5.71 Å². The van der Waals surface area contributed by atoms with Gasteiger partial charge in [0.15, 0.2) is 18.8 Å². The summed E-state index contributed by atoms with van der Waals surface area (Å²) in [5.74, 6) is 0. The summed E-state index contributed by atoms with van der Waals surface area (Å²) in [6.45, 7) is 15.2. The molecule has 0 saturated carbocycles. The van der Waals surface area contributed by atoms with Crippen molar-refractivity contribution in [1.82, 2.24) is 0 Å². The van der Waals surface area contributed by atoms with Crippen molar-refractivity contribution in [2.45, 2.75) is 52.7 Å². The minimum Gasteiger partial charge on any atom is -0.368 e. The molecule has 2 heterocycles. The van der Waals surface area contributed by atoms with Gasteiger partial charge in [0.05, 0.1) is 6.08 Å². The summed E-state index contributed by atoms with van der Waals surface area (Å²) in [6.07, 6.45) is 5.60. The van der Waals surface area contributed by atoms with E-state index in [1.54, 1.807) is 10.6 Å². The molecule has 22 heavy (non-hydrogen) atoms. The highest BCUT2D eigenvalue weighted by Gasteiger charge is 2.38. The SMILES string of the molecule is C[C@@H]1C[NH+](C2=CC(=[N+]3CCOCC3)CC(C)(C)C2)C[C@H](C)O1. The highest BCUT2D eigenvalue weighted by molar-refractivity contribution is 5.92. The van der Waals surface area contributed by atoms with Gasteiger partial charge >= 0.3 is 0 Å². The number of allylic oxidation sites excluding steroid dienone is 2. The zero-order valence-corrected chi connectivity index (χ0v) is 14.7. The molecule has 3 aliphatic rings. The fourth-order valence-electron chi connectivity index (χ4n) is 4.18. The number of nitrogens with zero attached hydrogens (tertiary/aromatic N) is 1. The molecular weight excluding hydrogens is 276 g/mol. The molecule has 1 N–H and O–H groups in total. The van der Waals surface area contributed by atoms with E-state index in [2.05, 4.69) is 38.3 Å². The van der Waals surface area contributed by atoms with Crippen molar-refractivity contribution in [2.75, 3.05) is 39.4 Å². The number of hydrogen-bond acceptors (Lipinski definition) is 2. The zero-order valence-electron chi connectivity index (χ0n) is 14.7. The Hall–Kier alpha value is -0.710. The molecule has 2 fully saturated rings. The van der Waals surface area contributed by atoms with E-state index in [-0.39, 0.29) is 0 Å². The lowest BCUT2D eigenvalue weighted by Gasteiger charge is -2.37. The van der Waals surface area contributed by atoms with E-state index in [9.17, 15) is 0 Å². The Labute approximate surface area is 134 Å². The Kier molecular flexibility index (Phi) is 4.72. The molecule has 0 amide bonds. The first kappa shape index (κ1) is 16.2. The number of ether oxygens (including phenoxy) is 2. The molecule has 2 saturated heterocycles. The molecule has 124 valence electrons. The molecule has 0 aromatic rings. The maximum absolute atomic E-state index is 5.92. The van der Waals surface area contributed by atoms with Crippen LogP contribution in [0.15, 0.2) is 11.8 Å². The third kappa shape index (κ3) is 3.79. The normalized spacial score (nSPS) is 36.2. The molecule has 0 aromatic carbocycles. The van der Waals surface area contributed by atoms with Crippen LogP contribution in [-0.4, -0.2) is 61.9 Å². The molecule has 4 nitrogen and oxygen atoms in total. The van der Waals surface area contributed by atoms with E-state index >= 15 is 0 Å². The molecule has 4 heteroatoms. The van der Waals surface area contributed by atoms with Gasteiger partial charge in [-0.05, 0) is 19.3 Å². The molecule has 2 aliphatic heterocycles.